The highest BCUT2D eigenvalue weighted by atomic mass is 28.3. The molecule has 4 heteroatoms. The fourth-order valence-corrected chi connectivity index (χ4v) is 5.31. The molecule has 0 aliphatic carbocycles. The van der Waals surface area contributed by atoms with E-state index in [2.05, 4.69) is 38.2 Å². The summed E-state index contributed by atoms with van der Waals surface area (Å²) in [6, 6.07) is 11.2. The first-order valence-corrected chi connectivity index (χ1v) is 11.9. The van der Waals surface area contributed by atoms with E-state index in [0.717, 1.165) is 29.4 Å². The summed E-state index contributed by atoms with van der Waals surface area (Å²) in [5, 5.41) is 0. The minimum absolute atomic E-state index is 0.343. The summed E-state index contributed by atoms with van der Waals surface area (Å²) < 4.78 is 16.9. The Morgan fingerprint density at radius 1 is 1.08 bits per heavy atom. The number of benzene rings is 1. The van der Waals surface area contributed by atoms with Gasteiger partial charge in [0.15, 0.2) is 0 Å². The van der Waals surface area contributed by atoms with Crippen molar-refractivity contribution in [1.29, 1.82) is 0 Å². The SMILES string of the molecule is C#C[C@@](C#C[Si](CC)(CC)CC)(OC)[C@H](C)OCc1ccc(OC)cc1. The molecule has 142 valence electrons. The average molecular weight is 373 g/mol. The molecule has 0 bridgehead atoms. The molecular formula is C22H32O3Si. The molecule has 0 radical (unpaired) electrons. The van der Waals surface area contributed by atoms with Crippen LogP contribution in [0.1, 0.15) is 33.3 Å². The van der Waals surface area contributed by atoms with Gasteiger partial charge in [0.2, 0.25) is 5.60 Å². The van der Waals surface area contributed by atoms with Crippen LogP contribution in [-0.4, -0.2) is 34.0 Å². The first-order chi connectivity index (χ1) is 12.4. The van der Waals surface area contributed by atoms with Crippen LogP contribution >= 0.6 is 0 Å². The molecule has 1 rings (SSSR count). The maximum Gasteiger partial charge on any atom is 0.215 e. The highest BCUT2D eigenvalue weighted by Crippen LogP contribution is 2.23. The molecule has 0 amide bonds. The van der Waals surface area contributed by atoms with Crippen LogP contribution < -0.4 is 4.74 Å². The van der Waals surface area contributed by atoms with E-state index in [1.54, 1.807) is 14.2 Å². The fraction of sp³-hybridized carbons (Fsp3) is 0.545. The molecule has 0 heterocycles. The number of rotatable bonds is 9. The summed E-state index contributed by atoms with van der Waals surface area (Å²) in [6.45, 7) is 9.04. The van der Waals surface area contributed by atoms with Gasteiger partial charge in [-0.25, -0.2) is 0 Å². The summed E-state index contributed by atoms with van der Waals surface area (Å²) in [5.41, 5.74) is 3.57. The number of ether oxygens (including phenoxy) is 3. The van der Waals surface area contributed by atoms with Crippen LogP contribution in [-0.2, 0) is 16.1 Å². The molecule has 0 aliphatic rings. The van der Waals surface area contributed by atoms with Gasteiger partial charge in [-0.3, -0.25) is 0 Å². The summed E-state index contributed by atoms with van der Waals surface area (Å²) in [4.78, 5) is 0. The highest BCUT2D eigenvalue weighted by Gasteiger charge is 2.35. The average Bonchev–Trinajstić information content (AvgIpc) is 2.71. The quantitative estimate of drug-likeness (QED) is 0.466. The number of hydrogen-bond acceptors (Lipinski definition) is 3. The lowest BCUT2D eigenvalue weighted by Crippen LogP contribution is -2.42. The summed E-state index contributed by atoms with van der Waals surface area (Å²) in [6.07, 6.45) is 5.48. The number of terminal acetylenes is 1. The first-order valence-electron chi connectivity index (χ1n) is 9.26. The van der Waals surface area contributed by atoms with Crippen molar-refractivity contribution in [2.45, 2.75) is 64.1 Å². The molecule has 0 fully saturated rings. The summed E-state index contributed by atoms with van der Waals surface area (Å²) in [5.74, 6) is 6.86. The van der Waals surface area contributed by atoms with Gasteiger partial charge in [-0.2, -0.15) is 0 Å². The zero-order valence-corrected chi connectivity index (χ0v) is 18.0. The van der Waals surface area contributed by atoms with Crippen LogP contribution in [0.25, 0.3) is 0 Å². The molecular weight excluding hydrogens is 340 g/mol. The van der Waals surface area contributed by atoms with Crippen molar-refractivity contribution in [2.75, 3.05) is 14.2 Å². The van der Waals surface area contributed by atoms with Crippen molar-refractivity contribution < 1.29 is 14.2 Å². The maximum absolute atomic E-state index is 6.02. The molecule has 0 N–H and O–H groups in total. The van der Waals surface area contributed by atoms with Crippen LogP contribution in [0.15, 0.2) is 24.3 Å². The lowest BCUT2D eigenvalue weighted by Gasteiger charge is -2.29. The lowest BCUT2D eigenvalue weighted by molar-refractivity contribution is -0.0634. The van der Waals surface area contributed by atoms with E-state index in [1.165, 1.54) is 0 Å². The lowest BCUT2D eigenvalue weighted by atomic mass is 10.00. The molecule has 0 saturated heterocycles. The van der Waals surface area contributed by atoms with Gasteiger partial charge in [-0.05, 0) is 42.8 Å². The van der Waals surface area contributed by atoms with Gasteiger partial charge < -0.3 is 14.2 Å². The second-order valence-electron chi connectivity index (χ2n) is 6.48. The van der Waals surface area contributed by atoms with Crippen LogP contribution in [0, 0.1) is 23.8 Å². The molecule has 0 unspecified atom stereocenters. The number of methoxy groups -OCH3 is 2. The second-order valence-corrected chi connectivity index (χ2v) is 11.4. The monoisotopic (exact) mass is 372 g/mol. The van der Waals surface area contributed by atoms with Gasteiger partial charge in [0, 0.05) is 7.11 Å². The van der Waals surface area contributed by atoms with Gasteiger partial charge in [0.25, 0.3) is 0 Å². The Kier molecular flexibility index (Phi) is 8.95. The smallest absolute Gasteiger partial charge is 0.215 e. The van der Waals surface area contributed by atoms with E-state index in [0.29, 0.717) is 6.61 Å². The molecule has 0 spiro atoms. The third-order valence-corrected chi connectivity index (χ3v) is 10.0. The molecule has 0 saturated carbocycles. The van der Waals surface area contributed by atoms with Crippen molar-refractivity contribution in [3.8, 4) is 29.6 Å². The van der Waals surface area contributed by atoms with Crippen molar-refractivity contribution in [3.63, 3.8) is 0 Å². The Balaban J connectivity index is 2.95. The van der Waals surface area contributed by atoms with E-state index in [-0.39, 0.29) is 6.10 Å². The van der Waals surface area contributed by atoms with Crippen LogP contribution in [0.2, 0.25) is 18.1 Å². The second kappa shape index (κ2) is 10.4. The van der Waals surface area contributed by atoms with Gasteiger partial charge in [-0.15, -0.1) is 12.0 Å². The van der Waals surface area contributed by atoms with E-state index in [4.69, 9.17) is 20.6 Å². The Hall–Kier alpha value is -1.72. The van der Waals surface area contributed by atoms with Gasteiger partial charge >= 0.3 is 0 Å². The zero-order valence-electron chi connectivity index (χ0n) is 17.0. The van der Waals surface area contributed by atoms with Crippen LogP contribution in [0.3, 0.4) is 0 Å². The third kappa shape index (κ3) is 5.38. The number of hydrogen-bond donors (Lipinski definition) is 0. The normalized spacial score (nSPS) is 14.5. The predicted octanol–water partition coefficient (Wildman–Crippen LogP) is 4.67. The molecule has 2 atom stereocenters. The molecule has 0 aliphatic heterocycles. The Bertz CT molecular complexity index is 638. The Morgan fingerprint density at radius 3 is 2.08 bits per heavy atom. The topological polar surface area (TPSA) is 27.7 Å². The summed E-state index contributed by atoms with van der Waals surface area (Å²) in [7, 11) is 1.65. The van der Waals surface area contributed by atoms with Gasteiger partial charge in [-0.1, -0.05) is 44.7 Å². The fourth-order valence-electron chi connectivity index (χ4n) is 2.83. The maximum atomic E-state index is 6.02. The Labute approximate surface area is 160 Å². The largest absolute Gasteiger partial charge is 0.497 e. The first kappa shape index (κ1) is 22.3. The van der Waals surface area contributed by atoms with E-state index >= 15 is 0 Å². The highest BCUT2D eigenvalue weighted by molar-refractivity contribution is 6.87. The van der Waals surface area contributed by atoms with Crippen molar-refractivity contribution >= 4 is 8.07 Å². The molecule has 26 heavy (non-hydrogen) atoms. The van der Waals surface area contributed by atoms with Crippen molar-refractivity contribution in [3.05, 3.63) is 29.8 Å². The minimum Gasteiger partial charge on any atom is -0.497 e. The van der Waals surface area contributed by atoms with Crippen molar-refractivity contribution in [1.82, 2.24) is 0 Å². The molecule has 0 aromatic heterocycles. The molecule has 1 aromatic carbocycles. The van der Waals surface area contributed by atoms with Crippen LogP contribution in [0.5, 0.6) is 5.75 Å². The van der Waals surface area contributed by atoms with Crippen LogP contribution in [0.4, 0.5) is 0 Å². The van der Waals surface area contributed by atoms with E-state index in [1.807, 2.05) is 31.2 Å². The molecule has 3 nitrogen and oxygen atoms in total. The standard InChI is InChI=1S/C22H32O3Si/c1-8-22(24-7,16-17-26(9-2,10-3)11-4)19(5)25-18-20-12-14-21(23-6)15-13-20/h1,12-15,19H,9-11,18H2,2-7H3/t19-,22-/m0/s1. The zero-order chi connectivity index (χ0) is 19.6. The third-order valence-electron chi connectivity index (χ3n) is 5.31. The molecule has 1 aromatic rings. The van der Waals surface area contributed by atoms with Crippen molar-refractivity contribution in [2.24, 2.45) is 0 Å². The predicted molar refractivity (Wildman–Crippen MR) is 111 cm³/mol. The Morgan fingerprint density at radius 2 is 1.65 bits per heavy atom. The summed E-state index contributed by atoms with van der Waals surface area (Å²) >= 11 is 0. The minimum atomic E-state index is -1.61. The van der Waals surface area contributed by atoms with E-state index in [9.17, 15) is 0 Å². The van der Waals surface area contributed by atoms with Gasteiger partial charge in [0.05, 0.1) is 13.7 Å². The van der Waals surface area contributed by atoms with E-state index < -0.39 is 13.7 Å². The van der Waals surface area contributed by atoms with Gasteiger partial charge in [0.1, 0.15) is 19.9 Å².